The number of aryl methyl sites for hydroxylation is 1. The molecule has 19 heavy (non-hydrogen) atoms. The quantitative estimate of drug-likeness (QED) is 0.825. The molecular weight excluding hydrogens is 351 g/mol. The third-order valence-electron chi connectivity index (χ3n) is 3.54. The standard InChI is InChI=1S/C15H21IN2O/c1-11-6-5-7-13(14(11)16)15(19)17-12(2)10-18-8-3-4-9-18/h5-7,12H,3-4,8-10H2,1-2H3,(H,17,19). The number of carbonyl (C=O) groups excluding carboxylic acids is 1. The summed E-state index contributed by atoms with van der Waals surface area (Å²) in [6, 6.07) is 6.07. The van der Waals surface area contributed by atoms with E-state index in [9.17, 15) is 4.79 Å². The monoisotopic (exact) mass is 372 g/mol. The molecule has 1 fully saturated rings. The van der Waals surface area contributed by atoms with Crippen molar-refractivity contribution < 1.29 is 4.79 Å². The Morgan fingerprint density at radius 1 is 1.42 bits per heavy atom. The highest BCUT2D eigenvalue weighted by Crippen LogP contribution is 2.16. The van der Waals surface area contributed by atoms with Gasteiger partial charge in [0.05, 0.1) is 5.56 Å². The van der Waals surface area contributed by atoms with Crippen molar-refractivity contribution in [3.05, 3.63) is 32.9 Å². The van der Waals surface area contributed by atoms with E-state index in [1.807, 2.05) is 25.1 Å². The summed E-state index contributed by atoms with van der Waals surface area (Å²) in [7, 11) is 0. The second-order valence-corrected chi connectivity index (χ2v) is 6.40. The second-order valence-electron chi connectivity index (χ2n) is 5.32. The van der Waals surface area contributed by atoms with Crippen molar-refractivity contribution in [2.75, 3.05) is 19.6 Å². The van der Waals surface area contributed by atoms with Crippen LogP contribution in [0.4, 0.5) is 0 Å². The maximum atomic E-state index is 12.3. The number of nitrogens with one attached hydrogen (secondary N) is 1. The molecule has 3 nitrogen and oxygen atoms in total. The van der Waals surface area contributed by atoms with Gasteiger partial charge in [0.1, 0.15) is 0 Å². The number of likely N-dealkylation sites (tertiary alicyclic amines) is 1. The molecule has 1 amide bonds. The van der Waals surface area contributed by atoms with Gasteiger partial charge in [0.2, 0.25) is 0 Å². The number of nitrogens with zero attached hydrogens (tertiary/aromatic N) is 1. The average Bonchev–Trinajstić information content (AvgIpc) is 2.85. The lowest BCUT2D eigenvalue weighted by atomic mass is 10.1. The van der Waals surface area contributed by atoms with Gasteiger partial charge in [0.25, 0.3) is 5.91 Å². The van der Waals surface area contributed by atoms with Crippen molar-refractivity contribution in [3.8, 4) is 0 Å². The van der Waals surface area contributed by atoms with Crippen molar-refractivity contribution >= 4 is 28.5 Å². The van der Waals surface area contributed by atoms with Crippen LogP contribution < -0.4 is 5.32 Å². The molecule has 1 aromatic rings. The van der Waals surface area contributed by atoms with Crippen molar-refractivity contribution in [2.24, 2.45) is 0 Å². The Labute approximate surface area is 128 Å². The first-order valence-electron chi connectivity index (χ1n) is 6.86. The van der Waals surface area contributed by atoms with E-state index in [4.69, 9.17) is 0 Å². The Bertz CT molecular complexity index is 455. The van der Waals surface area contributed by atoms with Crippen LogP contribution in [0.5, 0.6) is 0 Å². The van der Waals surface area contributed by atoms with Gasteiger partial charge < -0.3 is 10.2 Å². The minimum atomic E-state index is 0.0415. The summed E-state index contributed by atoms with van der Waals surface area (Å²) in [5, 5.41) is 3.11. The minimum Gasteiger partial charge on any atom is -0.348 e. The molecule has 0 saturated carbocycles. The fourth-order valence-electron chi connectivity index (χ4n) is 2.52. The van der Waals surface area contributed by atoms with Gasteiger partial charge in [-0.05, 0) is 74.0 Å². The normalized spacial score (nSPS) is 17.4. The van der Waals surface area contributed by atoms with E-state index in [-0.39, 0.29) is 11.9 Å². The van der Waals surface area contributed by atoms with Gasteiger partial charge >= 0.3 is 0 Å². The van der Waals surface area contributed by atoms with E-state index in [1.54, 1.807) is 0 Å². The number of amides is 1. The molecule has 0 aliphatic carbocycles. The van der Waals surface area contributed by atoms with E-state index < -0.39 is 0 Å². The van der Waals surface area contributed by atoms with Crippen LogP contribution in [0.2, 0.25) is 0 Å². The molecule has 1 aliphatic heterocycles. The molecule has 1 atom stereocenters. The lowest BCUT2D eigenvalue weighted by Crippen LogP contribution is -2.41. The van der Waals surface area contributed by atoms with E-state index in [2.05, 4.69) is 39.7 Å². The topological polar surface area (TPSA) is 32.3 Å². The predicted octanol–water partition coefficient (Wildman–Crippen LogP) is 2.81. The highest BCUT2D eigenvalue weighted by atomic mass is 127. The largest absolute Gasteiger partial charge is 0.348 e. The highest BCUT2D eigenvalue weighted by Gasteiger charge is 2.17. The first-order valence-corrected chi connectivity index (χ1v) is 7.94. The molecule has 2 rings (SSSR count). The van der Waals surface area contributed by atoms with Crippen LogP contribution in [0.1, 0.15) is 35.7 Å². The molecule has 104 valence electrons. The Kier molecular flexibility index (Phi) is 5.21. The van der Waals surface area contributed by atoms with Crippen LogP contribution in [-0.4, -0.2) is 36.5 Å². The molecule has 4 heteroatoms. The summed E-state index contributed by atoms with van der Waals surface area (Å²) in [6.45, 7) is 7.41. The molecule has 0 bridgehead atoms. The molecule has 0 radical (unpaired) electrons. The molecule has 1 aromatic carbocycles. The van der Waals surface area contributed by atoms with Crippen LogP contribution >= 0.6 is 22.6 Å². The summed E-state index contributed by atoms with van der Waals surface area (Å²) in [4.78, 5) is 14.7. The first kappa shape index (κ1) is 14.8. The lowest BCUT2D eigenvalue weighted by Gasteiger charge is -2.21. The zero-order chi connectivity index (χ0) is 13.8. The maximum absolute atomic E-state index is 12.3. The molecule has 1 N–H and O–H groups in total. The van der Waals surface area contributed by atoms with Gasteiger partial charge in [-0.2, -0.15) is 0 Å². The molecule has 1 saturated heterocycles. The van der Waals surface area contributed by atoms with Gasteiger partial charge in [-0.1, -0.05) is 12.1 Å². The van der Waals surface area contributed by atoms with Crippen LogP contribution in [0.15, 0.2) is 18.2 Å². The fourth-order valence-corrected chi connectivity index (χ4v) is 3.13. The Morgan fingerprint density at radius 2 is 2.11 bits per heavy atom. The number of halogens is 1. The van der Waals surface area contributed by atoms with Crippen molar-refractivity contribution in [2.45, 2.75) is 32.7 Å². The number of rotatable bonds is 4. The molecular formula is C15H21IN2O. The van der Waals surface area contributed by atoms with Gasteiger partial charge in [0.15, 0.2) is 0 Å². The Morgan fingerprint density at radius 3 is 2.79 bits per heavy atom. The molecule has 1 unspecified atom stereocenters. The summed E-state index contributed by atoms with van der Waals surface area (Å²) >= 11 is 2.25. The predicted molar refractivity (Wildman–Crippen MR) is 86.5 cm³/mol. The zero-order valence-electron chi connectivity index (χ0n) is 11.6. The summed E-state index contributed by atoms with van der Waals surface area (Å²) in [5.74, 6) is 0.0415. The number of hydrogen-bond acceptors (Lipinski definition) is 2. The Balaban J connectivity index is 1.94. The van der Waals surface area contributed by atoms with Gasteiger partial charge in [-0.15, -0.1) is 0 Å². The average molecular weight is 372 g/mol. The number of carbonyl (C=O) groups is 1. The smallest absolute Gasteiger partial charge is 0.252 e. The second kappa shape index (κ2) is 6.70. The third-order valence-corrected chi connectivity index (χ3v) is 4.98. The van der Waals surface area contributed by atoms with Crippen molar-refractivity contribution in [1.29, 1.82) is 0 Å². The van der Waals surface area contributed by atoms with E-state index in [0.717, 1.165) is 21.2 Å². The molecule has 0 aromatic heterocycles. The van der Waals surface area contributed by atoms with Gasteiger partial charge in [-0.25, -0.2) is 0 Å². The Hall–Kier alpha value is -0.620. The molecule has 0 spiro atoms. The van der Waals surface area contributed by atoms with Crippen LogP contribution in [-0.2, 0) is 0 Å². The molecule has 1 heterocycles. The zero-order valence-corrected chi connectivity index (χ0v) is 13.7. The van der Waals surface area contributed by atoms with E-state index in [1.165, 1.54) is 25.9 Å². The maximum Gasteiger partial charge on any atom is 0.252 e. The van der Waals surface area contributed by atoms with E-state index in [0.29, 0.717) is 0 Å². The van der Waals surface area contributed by atoms with Crippen molar-refractivity contribution in [1.82, 2.24) is 10.2 Å². The van der Waals surface area contributed by atoms with Crippen LogP contribution in [0, 0.1) is 10.5 Å². The first-order chi connectivity index (χ1) is 9.08. The fraction of sp³-hybridized carbons (Fsp3) is 0.533. The highest BCUT2D eigenvalue weighted by molar-refractivity contribution is 14.1. The van der Waals surface area contributed by atoms with Crippen molar-refractivity contribution in [3.63, 3.8) is 0 Å². The van der Waals surface area contributed by atoms with Gasteiger partial charge in [-0.3, -0.25) is 4.79 Å². The van der Waals surface area contributed by atoms with Gasteiger partial charge in [0, 0.05) is 16.2 Å². The van der Waals surface area contributed by atoms with E-state index >= 15 is 0 Å². The SMILES string of the molecule is Cc1cccc(C(=O)NC(C)CN2CCCC2)c1I. The summed E-state index contributed by atoms with van der Waals surface area (Å²) in [6.07, 6.45) is 2.58. The van der Waals surface area contributed by atoms with Crippen LogP contribution in [0.25, 0.3) is 0 Å². The summed E-state index contributed by atoms with van der Waals surface area (Å²) < 4.78 is 1.05. The number of hydrogen-bond donors (Lipinski definition) is 1. The molecule has 1 aliphatic rings. The summed E-state index contributed by atoms with van der Waals surface area (Å²) in [5.41, 5.74) is 1.94. The van der Waals surface area contributed by atoms with Crippen LogP contribution in [0.3, 0.4) is 0 Å². The lowest BCUT2D eigenvalue weighted by molar-refractivity contribution is 0.0931. The number of benzene rings is 1. The minimum absolute atomic E-state index is 0.0415. The third kappa shape index (κ3) is 3.92.